The molecule has 0 bridgehead atoms. The maximum absolute atomic E-state index is 6.46. The van der Waals surface area contributed by atoms with Gasteiger partial charge in [0.05, 0.1) is 18.6 Å². The zero-order valence-corrected chi connectivity index (χ0v) is 19.9. The summed E-state index contributed by atoms with van der Waals surface area (Å²) in [6, 6.07) is 0. The van der Waals surface area contributed by atoms with E-state index in [4.69, 9.17) is 18.6 Å². The Morgan fingerprint density at radius 2 is 1.90 bits per heavy atom. The van der Waals surface area contributed by atoms with Gasteiger partial charge in [-0.15, -0.1) is 0 Å². The molecule has 30 heavy (non-hydrogen) atoms. The van der Waals surface area contributed by atoms with Gasteiger partial charge in [-0.05, 0) is 38.1 Å². The van der Waals surface area contributed by atoms with Crippen LogP contribution in [0.25, 0.3) is 17.2 Å². The van der Waals surface area contributed by atoms with E-state index in [0.717, 1.165) is 0 Å². The van der Waals surface area contributed by atoms with Gasteiger partial charge in [0.2, 0.25) is 0 Å². The molecule has 0 saturated carbocycles. The zero-order chi connectivity index (χ0) is 21.9. The summed E-state index contributed by atoms with van der Waals surface area (Å²) < 4.78 is 27.3. The van der Waals surface area contributed by atoms with Crippen molar-refractivity contribution < 1.29 is 18.6 Å². The van der Waals surface area contributed by atoms with E-state index in [-0.39, 0.29) is 23.4 Å². The summed E-state index contributed by atoms with van der Waals surface area (Å²) in [5.41, 5.74) is 2.06. The lowest BCUT2D eigenvalue weighted by Gasteiger charge is -2.37. The van der Waals surface area contributed by atoms with Crippen LogP contribution in [0.4, 0.5) is 0 Å². The molecule has 0 aromatic carbocycles. The highest BCUT2D eigenvalue weighted by molar-refractivity contribution is 6.74. The van der Waals surface area contributed by atoms with Crippen molar-refractivity contribution in [1.29, 1.82) is 0 Å². The summed E-state index contributed by atoms with van der Waals surface area (Å²) in [5.74, 6) is -0.690. The first-order chi connectivity index (χ1) is 13.9. The van der Waals surface area contributed by atoms with E-state index in [9.17, 15) is 0 Å². The van der Waals surface area contributed by atoms with Gasteiger partial charge in [0, 0.05) is 0 Å². The lowest BCUT2D eigenvalue weighted by molar-refractivity contribution is -0.199. The fourth-order valence-electron chi connectivity index (χ4n) is 3.73. The summed E-state index contributed by atoms with van der Waals surface area (Å²) >= 11 is 0. The molecule has 0 N–H and O–H groups in total. The van der Waals surface area contributed by atoms with Crippen molar-refractivity contribution in [3.05, 3.63) is 24.9 Å². The van der Waals surface area contributed by atoms with E-state index in [0.29, 0.717) is 23.5 Å². The summed E-state index contributed by atoms with van der Waals surface area (Å²) in [5, 5.41) is 0.120. The first kappa shape index (κ1) is 21.6. The molecule has 0 aliphatic carbocycles. The molecule has 8 nitrogen and oxygen atoms in total. The van der Waals surface area contributed by atoms with E-state index in [1.807, 2.05) is 18.4 Å². The lowest BCUT2D eigenvalue weighted by Crippen LogP contribution is -2.44. The molecule has 0 amide bonds. The Labute approximate surface area is 178 Å². The Bertz CT molecular complexity index is 952. The summed E-state index contributed by atoms with van der Waals surface area (Å²) in [4.78, 5) is 13.2. The number of fused-ring (bicyclic) bond motifs is 2. The minimum absolute atomic E-state index is 0.120. The number of hydrogen-bond donors (Lipinski definition) is 0. The van der Waals surface area contributed by atoms with Crippen LogP contribution in [0.5, 0.6) is 0 Å². The first-order valence-corrected chi connectivity index (χ1v) is 13.3. The van der Waals surface area contributed by atoms with Crippen molar-refractivity contribution in [2.24, 2.45) is 0 Å². The van der Waals surface area contributed by atoms with Gasteiger partial charge in [-0.1, -0.05) is 27.4 Å². The van der Waals surface area contributed by atoms with Crippen LogP contribution in [-0.4, -0.2) is 58.5 Å². The molecule has 2 aliphatic rings. The maximum atomic E-state index is 6.46. The van der Waals surface area contributed by atoms with Crippen molar-refractivity contribution >= 4 is 25.6 Å². The molecule has 164 valence electrons. The molecule has 2 aromatic heterocycles. The molecule has 0 radical (unpaired) electrons. The molecule has 4 atom stereocenters. The van der Waals surface area contributed by atoms with E-state index < -0.39 is 20.3 Å². The second kappa shape index (κ2) is 7.20. The predicted molar refractivity (Wildman–Crippen MR) is 116 cm³/mol. The van der Waals surface area contributed by atoms with E-state index in [1.165, 1.54) is 6.33 Å². The second-order valence-electron chi connectivity index (χ2n) is 9.99. The van der Waals surface area contributed by atoms with Gasteiger partial charge < -0.3 is 18.6 Å². The fourth-order valence-corrected chi connectivity index (χ4v) is 4.74. The molecular formula is C21H32N4O4Si. The van der Waals surface area contributed by atoms with Crippen LogP contribution in [0.15, 0.2) is 19.2 Å². The molecule has 2 fully saturated rings. The summed E-state index contributed by atoms with van der Waals surface area (Å²) in [7, 11) is -1.92. The maximum Gasteiger partial charge on any atom is 0.192 e. The van der Waals surface area contributed by atoms with Gasteiger partial charge in [0.1, 0.15) is 30.2 Å². The van der Waals surface area contributed by atoms with Crippen LogP contribution in [0.2, 0.25) is 18.1 Å². The summed E-state index contributed by atoms with van der Waals surface area (Å²) in [6.45, 7) is 19.3. The van der Waals surface area contributed by atoms with Crippen molar-refractivity contribution in [2.75, 3.05) is 6.61 Å². The molecule has 2 aliphatic heterocycles. The molecule has 9 heteroatoms. The molecule has 0 spiro atoms. The lowest BCUT2D eigenvalue weighted by atomic mass is 10.1. The van der Waals surface area contributed by atoms with Crippen LogP contribution in [0, 0.1) is 0 Å². The summed E-state index contributed by atoms with van der Waals surface area (Å²) in [6.07, 6.45) is 3.74. The smallest absolute Gasteiger partial charge is 0.192 e. The quantitative estimate of drug-likeness (QED) is 0.663. The highest BCUT2D eigenvalue weighted by Crippen LogP contribution is 2.45. The molecule has 4 rings (SSSR count). The molecule has 2 aromatic rings. The Morgan fingerprint density at radius 1 is 1.20 bits per heavy atom. The SMILES string of the molecule is C=Cc1ncnc2c1ncn2[C@@H]1O[C@H](CO[Si](C)(C)C(C)(C)C)[C@H]2OC(C)(C)O[C@@H]21. The monoisotopic (exact) mass is 432 g/mol. The van der Waals surface area contributed by atoms with Gasteiger partial charge in [-0.2, -0.15) is 0 Å². The van der Waals surface area contributed by atoms with Gasteiger partial charge >= 0.3 is 0 Å². The Kier molecular flexibility index (Phi) is 5.18. The second-order valence-corrected chi connectivity index (χ2v) is 14.8. The van der Waals surface area contributed by atoms with Crippen LogP contribution >= 0.6 is 0 Å². The average molecular weight is 433 g/mol. The molecular weight excluding hydrogens is 400 g/mol. The third-order valence-corrected chi connectivity index (χ3v) is 10.9. The molecule has 0 unspecified atom stereocenters. The van der Waals surface area contributed by atoms with Gasteiger partial charge in [0.15, 0.2) is 26.0 Å². The third-order valence-electron chi connectivity index (χ3n) is 6.39. The first-order valence-electron chi connectivity index (χ1n) is 10.4. The predicted octanol–water partition coefficient (Wildman–Crippen LogP) is 3.91. The number of hydrogen-bond acceptors (Lipinski definition) is 7. The van der Waals surface area contributed by atoms with Crippen molar-refractivity contribution in [1.82, 2.24) is 19.5 Å². The fraction of sp³-hybridized carbons (Fsp3) is 0.667. The number of aromatic nitrogens is 4. The number of rotatable bonds is 5. The van der Waals surface area contributed by atoms with E-state index in [1.54, 1.807) is 12.4 Å². The Morgan fingerprint density at radius 3 is 2.57 bits per heavy atom. The van der Waals surface area contributed by atoms with Gasteiger partial charge in [-0.3, -0.25) is 4.57 Å². The van der Waals surface area contributed by atoms with Crippen molar-refractivity contribution in [3.63, 3.8) is 0 Å². The molecule has 4 heterocycles. The average Bonchev–Trinajstić information content (AvgIpc) is 3.29. The zero-order valence-electron chi connectivity index (χ0n) is 18.9. The number of ether oxygens (including phenoxy) is 3. The van der Waals surface area contributed by atoms with Gasteiger partial charge in [-0.25, -0.2) is 15.0 Å². The standard InChI is InChI=1S/C21H32N4O4Si/c1-9-13-15-18(23-11-22-13)25(12-24-15)19-17-16(28-21(5,6)29-17)14(27-19)10-26-30(7,8)20(2,3)4/h9,11-12,14,16-17,19H,1,10H2,2-8H3/t14-,16-,17+,19-/m1/s1. The Hall–Kier alpha value is -1.65. The molecule has 2 saturated heterocycles. The number of imidazole rings is 1. The third kappa shape index (κ3) is 3.62. The highest BCUT2D eigenvalue weighted by Gasteiger charge is 2.56. The minimum atomic E-state index is -1.92. The number of nitrogens with zero attached hydrogens (tertiary/aromatic N) is 4. The topological polar surface area (TPSA) is 80.5 Å². The normalized spacial score (nSPS) is 28.8. The van der Waals surface area contributed by atoms with Gasteiger partial charge in [0.25, 0.3) is 0 Å². The van der Waals surface area contributed by atoms with Crippen molar-refractivity contribution in [2.45, 2.75) is 83.1 Å². The largest absolute Gasteiger partial charge is 0.414 e. The van der Waals surface area contributed by atoms with E-state index >= 15 is 0 Å². The van der Waals surface area contributed by atoms with Crippen molar-refractivity contribution in [3.8, 4) is 0 Å². The van der Waals surface area contributed by atoms with Crippen LogP contribution in [0.3, 0.4) is 0 Å². The minimum Gasteiger partial charge on any atom is -0.414 e. The highest BCUT2D eigenvalue weighted by atomic mass is 28.4. The Balaban J connectivity index is 1.63. The van der Waals surface area contributed by atoms with Crippen LogP contribution < -0.4 is 0 Å². The van der Waals surface area contributed by atoms with Crippen LogP contribution in [0.1, 0.15) is 46.5 Å². The van der Waals surface area contributed by atoms with E-state index in [2.05, 4.69) is 55.4 Å². The van der Waals surface area contributed by atoms with Crippen LogP contribution in [-0.2, 0) is 18.6 Å².